The molecule has 2 aromatic rings. The predicted molar refractivity (Wildman–Crippen MR) is 83.5 cm³/mol. The van der Waals surface area contributed by atoms with Gasteiger partial charge in [-0.25, -0.2) is 4.79 Å². The van der Waals surface area contributed by atoms with Crippen molar-refractivity contribution in [1.29, 1.82) is 0 Å². The van der Waals surface area contributed by atoms with E-state index in [1.54, 1.807) is 42.5 Å². The van der Waals surface area contributed by atoms with Crippen LogP contribution < -0.4 is 9.47 Å². The number of carbonyl (C=O) groups excluding carboxylic acids is 1. The SMILES string of the molecule is CC(=O)Oc1ccccc1C#CCOc1ccccc1C(=O)O. The van der Waals surface area contributed by atoms with Gasteiger partial charge in [0, 0.05) is 6.92 Å². The van der Waals surface area contributed by atoms with Crippen molar-refractivity contribution in [3.05, 3.63) is 59.7 Å². The molecule has 0 unspecified atom stereocenters. The van der Waals surface area contributed by atoms with E-state index in [0.29, 0.717) is 11.3 Å². The van der Waals surface area contributed by atoms with Crippen molar-refractivity contribution in [3.63, 3.8) is 0 Å². The van der Waals surface area contributed by atoms with Gasteiger partial charge >= 0.3 is 11.9 Å². The first kappa shape index (κ1) is 16.1. The third-order valence-electron chi connectivity index (χ3n) is 2.78. The quantitative estimate of drug-likeness (QED) is 0.534. The molecule has 0 heterocycles. The summed E-state index contributed by atoms with van der Waals surface area (Å²) in [5.41, 5.74) is 0.632. The zero-order valence-corrected chi connectivity index (χ0v) is 12.4. The minimum absolute atomic E-state index is 0.0126. The lowest BCUT2D eigenvalue weighted by Gasteiger charge is -2.05. The molecule has 0 bridgehead atoms. The van der Waals surface area contributed by atoms with Gasteiger partial charge in [0.15, 0.2) is 0 Å². The maximum atomic E-state index is 11.1. The van der Waals surface area contributed by atoms with Crippen LogP contribution in [0.2, 0.25) is 0 Å². The minimum Gasteiger partial charge on any atom is -0.480 e. The van der Waals surface area contributed by atoms with E-state index < -0.39 is 11.9 Å². The monoisotopic (exact) mass is 310 g/mol. The van der Waals surface area contributed by atoms with Crippen molar-refractivity contribution >= 4 is 11.9 Å². The Morgan fingerprint density at radius 2 is 1.70 bits per heavy atom. The molecule has 5 nitrogen and oxygen atoms in total. The molecule has 0 aliphatic rings. The molecule has 0 amide bonds. The molecule has 2 aromatic carbocycles. The Hall–Kier alpha value is -3.26. The number of hydrogen-bond acceptors (Lipinski definition) is 4. The summed E-state index contributed by atoms with van der Waals surface area (Å²) in [6, 6.07) is 13.2. The van der Waals surface area contributed by atoms with Crippen molar-refractivity contribution in [2.75, 3.05) is 6.61 Å². The van der Waals surface area contributed by atoms with E-state index in [9.17, 15) is 9.59 Å². The topological polar surface area (TPSA) is 72.8 Å². The second-order valence-corrected chi connectivity index (χ2v) is 4.48. The summed E-state index contributed by atoms with van der Waals surface area (Å²) in [5.74, 6) is 4.75. The molecule has 1 N–H and O–H groups in total. The number of rotatable bonds is 4. The summed E-state index contributed by atoms with van der Waals surface area (Å²) in [4.78, 5) is 22.1. The van der Waals surface area contributed by atoms with Crippen molar-refractivity contribution in [2.45, 2.75) is 6.92 Å². The largest absolute Gasteiger partial charge is 0.480 e. The summed E-state index contributed by atoms with van der Waals surface area (Å²) in [6.07, 6.45) is 0. The molecular weight excluding hydrogens is 296 g/mol. The van der Waals surface area contributed by atoms with E-state index in [4.69, 9.17) is 14.6 Å². The number of carbonyl (C=O) groups is 2. The fourth-order valence-corrected chi connectivity index (χ4v) is 1.83. The normalized spacial score (nSPS) is 9.43. The average Bonchev–Trinajstić information content (AvgIpc) is 2.52. The Balaban J connectivity index is 2.08. The molecular formula is C18H14O5. The molecule has 0 spiro atoms. The average molecular weight is 310 g/mol. The summed E-state index contributed by atoms with van der Waals surface area (Å²) in [7, 11) is 0. The number of hydrogen-bond donors (Lipinski definition) is 1. The minimum atomic E-state index is -1.06. The van der Waals surface area contributed by atoms with Crippen LogP contribution in [-0.4, -0.2) is 23.7 Å². The standard InChI is InChI=1S/C18H14O5/c1-13(19)23-16-10-4-2-7-14(16)8-6-12-22-17-11-5-3-9-15(17)18(20)21/h2-5,7,9-11H,12H2,1H3,(H,20,21). The lowest BCUT2D eigenvalue weighted by atomic mass is 10.2. The fourth-order valence-electron chi connectivity index (χ4n) is 1.83. The molecule has 5 heteroatoms. The van der Waals surface area contributed by atoms with Crippen LogP contribution in [0.4, 0.5) is 0 Å². The molecule has 0 aliphatic carbocycles. The maximum absolute atomic E-state index is 11.1. The van der Waals surface area contributed by atoms with Crippen molar-refractivity contribution in [1.82, 2.24) is 0 Å². The van der Waals surface area contributed by atoms with Crippen LogP contribution in [0.5, 0.6) is 11.5 Å². The van der Waals surface area contributed by atoms with Gasteiger partial charge in [0.25, 0.3) is 0 Å². The Labute approximate surface area is 133 Å². The van der Waals surface area contributed by atoms with Gasteiger partial charge in [-0.3, -0.25) is 4.79 Å². The molecule has 23 heavy (non-hydrogen) atoms. The van der Waals surface area contributed by atoms with Crippen LogP contribution in [0.3, 0.4) is 0 Å². The fraction of sp³-hybridized carbons (Fsp3) is 0.111. The van der Waals surface area contributed by atoms with E-state index >= 15 is 0 Å². The van der Waals surface area contributed by atoms with E-state index in [1.165, 1.54) is 13.0 Å². The second kappa shape index (κ2) is 7.66. The predicted octanol–water partition coefficient (Wildman–Crippen LogP) is 2.74. The highest BCUT2D eigenvalue weighted by Gasteiger charge is 2.09. The number of benzene rings is 2. The Morgan fingerprint density at radius 1 is 1.04 bits per heavy atom. The van der Waals surface area contributed by atoms with Gasteiger partial charge in [-0.05, 0) is 24.3 Å². The van der Waals surface area contributed by atoms with Crippen molar-refractivity contribution in [2.24, 2.45) is 0 Å². The zero-order valence-electron chi connectivity index (χ0n) is 12.4. The zero-order chi connectivity index (χ0) is 16.7. The van der Waals surface area contributed by atoms with Gasteiger partial charge < -0.3 is 14.6 Å². The lowest BCUT2D eigenvalue weighted by Crippen LogP contribution is -2.03. The molecule has 0 aliphatic heterocycles. The van der Waals surface area contributed by atoms with Crippen molar-refractivity contribution < 1.29 is 24.2 Å². The first-order valence-corrected chi connectivity index (χ1v) is 6.79. The van der Waals surface area contributed by atoms with Gasteiger partial charge in [0.05, 0.1) is 5.56 Å². The first-order chi connectivity index (χ1) is 11.1. The maximum Gasteiger partial charge on any atom is 0.339 e. The van der Waals surface area contributed by atoms with Gasteiger partial charge in [0.1, 0.15) is 23.7 Å². The first-order valence-electron chi connectivity index (χ1n) is 6.79. The van der Waals surface area contributed by atoms with Crippen LogP contribution in [0.15, 0.2) is 48.5 Å². The smallest absolute Gasteiger partial charge is 0.339 e. The highest BCUT2D eigenvalue weighted by atomic mass is 16.5. The Bertz CT molecular complexity index is 783. The van der Waals surface area contributed by atoms with Crippen LogP contribution in [-0.2, 0) is 4.79 Å². The van der Waals surface area contributed by atoms with Gasteiger partial charge in [0.2, 0.25) is 0 Å². The summed E-state index contributed by atoms with van der Waals surface area (Å²) < 4.78 is 10.4. The molecule has 0 saturated heterocycles. The van der Waals surface area contributed by atoms with E-state index in [2.05, 4.69) is 11.8 Å². The summed E-state index contributed by atoms with van der Waals surface area (Å²) in [6.45, 7) is 1.33. The lowest BCUT2D eigenvalue weighted by molar-refractivity contribution is -0.131. The highest BCUT2D eigenvalue weighted by molar-refractivity contribution is 5.90. The van der Waals surface area contributed by atoms with E-state index in [1.807, 2.05) is 0 Å². The third-order valence-corrected chi connectivity index (χ3v) is 2.78. The summed E-state index contributed by atoms with van der Waals surface area (Å²) in [5, 5.41) is 9.06. The molecule has 0 aromatic heterocycles. The molecule has 0 radical (unpaired) electrons. The number of ether oxygens (including phenoxy) is 2. The van der Waals surface area contributed by atoms with Crippen molar-refractivity contribution in [3.8, 4) is 23.3 Å². The van der Waals surface area contributed by atoms with Gasteiger partial charge in [-0.1, -0.05) is 36.1 Å². The number of carboxylic acid groups (broad SMARTS) is 1. The van der Waals surface area contributed by atoms with Crippen LogP contribution >= 0.6 is 0 Å². The summed E-state index contributed by atoms with van der Waals surface area (Å²) >= 11 is 0. The second-order valence-electron chi connectivity index (χ2n) is 4.48. The highest BCUT2D eigenvalue weighted by Crippen LogP contribution is 2.18. The van der Waals surface area contributed by atoms with Gasteiger partial charge in [-0.2, -0.15) is 0 Å². The van der Waals surface area contributed by atoms with Gasteiger partial charge in [-0.15, -0.1) is 0 Å². The third kappa shape index (κ3) is 4.61. The number of esters is 1. The molecule has 2 rings (SSSR count). The molecule has 0 fully saturated rings. The molecule has 116 valence electrons. The number of para-hydroxylation sites is 2. The Kier molecular flexibility index (Phi) is 5.37. The molecule has 0 saturated carbocycles. The van der Waals surface area contributed by atoms with Crippen LogP contribution in [0, 0.1) is 11.8 Å². The van der Waals surface area contributed by atoms with E-state index in [0.717, 1.165) is 0 Å². The number of aromatic carboxylic acids is 1. The van der Waals surface area contributed by atoms with Crippen LogP contribution in [0.1, 0.15) is 22.8 Å². The van der Waals surface area contributed by atoms with Crippen LogP contribution in [0.25, 0.3) is 0 Å². The number of carboxylic acids is 1. The Morgan fingerprint density at radius 3 is 2.39 bits per heavy atom. The van der Waals surface area contributed by atoms with E-state index in [-0.39, 0.29) is 17.9 Å². The molecule has 0 atom stereocenters.